The molecule has 3 heterocycles. The number of aromatic nitrogens is 3. The van der Waals surface area contributed by atoms with Crippen molar-refractivity contribution in [1.29, 1.82) is 0 Å². The van der Waals surface area contributed by atoms with Crippen LogP contribution in [0.15, 0.2) is 29.3 Å². The fourth-order valence-electron chi connectivity index (χ4n) is 3.68. The zero-order chi connectivity index (χ0) is 21.3. The summed E-state index contributed by atoms with van der Waals surface area (Å²) in [6, 6.07) is 5.84. The highest BCUT2D eigenvalue weighted by Gasteiger charge is 2.21. The van der Waals surface area contributed by atoms with Gasteiger partial charge in [-0.15, -0.1) is 0 Å². The van der Waals surface area contributed by atoms with E-state index in [0.717, 1.165) is 54.7 Å². The normalized spacial score (nSPS) is 15.0. The number of piperazine rings is 1. The highest BCUT2D eigenvalue weighted by molar-refractivity contribution is 7.22. The van der Waals surface area contributed by atoms with E-state index in [9.17, 15) is 9.59 Å². The molecule has 1 saturated heterocycles. The molecule has 0 aliphatic carbocycles. The lowest BCUT2D eigenvalue weighted by atomic mass is 10.1. The van der Waals surface area contributed by atoms with E-state index in [1.54, 1.807) is 0 Å². The van der Waals surface area contributed by atoms with E-state index in [4.69, 9.17) is 0 Å². The number of rotatable bonds is 5. The van der Waals surface area contributed by atoms with E-state index in [-0.39, 0.29) is 18.0 Å². The first-order valence-corrected chi connectivity index (χ1v) is 11.0. The maximum absolute atomic E-state index is 12.9. The smallest absolute Gasteiger partial charge is 0.273 e. The van der Waals surface area contributed by atoms with Crippen LogP contribution in [-0.4, -0.2) is 58.1 Å². The maximum atomic E-state index is 12.9. The number of amides is 1. The van der Waals surface area contributed by atoms with Crippen molar-refractivity contribution in [1.82, 2.24) is 19.4 Å². The molecule has 9 heteroatoms. The first-order chi connectivity index (χ1) is 14.5. The number of aryl methyl sites for hydroxylation is 2. The van der Waals surface area contributed by atoms with Crippen LogP contribution in [0.5, 0.6) is 0 Å². The number of anilines is 2. The molecule has 0 unspecified atom stereocenters. The molecular weight excluding hydrogens is 400 g/mol. The van der Waals surface area contributed by atoms with Crippen LogP contribution >= 0.6 is 11.3 Å². The molecule has 0 saturated carbocycles. The van der Waals surface area contributed by atoms with E-state index in [1.807, 2.05) is 32.0 Å². The van der Waals surface area contributed by atoms with Crippen LogP contribution in [0.3, 0.4) is 0 Å². The Morgan fingerprint density at radius 1 is 1.17 bits per heavy atom. The number of benzene rings is 1. The quantitative estimate of drug-likeness (QED) is 0.674. The molecule has 158 valence electrons. The van der Waals surface area contributed by atoms with Crippen molar-refractivity contribution in [3.05, 3.63) is 46.0 Å². The number of fused-ring (bicyclic) bond motifs is 1. The lowest BCUT2D eigenvalue weighted by Gasteiger charge is -2.33. The molecular formula is C21H26N6O2S. The van der Waals surface area contributed by atoms with Crippen LogP contribution in [0.2, 0.25) is 0 Å². The number of nitrogens with zero attached hydrogens (tertiary/aromatic N) is 5. The summed E-state index contributed by atoms with van der Waals surface area (Å²) >= 11 is 1.36. The zero-order valence-corrected chi connectivity index (χ0v) is 18.3. The van der Waals surface area contributed by atoms with Crippen molar-refractivity contribution in [2.45, 2.75) is 27.3 Å². The van der Waals surface area contributed by atoms with Crippen LogP contribution in [0.1, 0.15) is 18.1 Å². The third-order valence-electron chi connectivity index (χ3n) is 5.52. The minimum Gasteiger partial charge on any atom is -0.345 e. The summed E-state index contributed by atoms with van der Waals surface area (Å²) in [6.45, 7) is 10.8. The summed E-state index contributed by atoms with van der Waals surface area (Å²) in [5.41, 5.74) is 2.98. The molecule has 1 aromatic carbocycles. The van der Waals surface area contributed by atoms with Gasteiger partial charge in [0.25, 0.3) is 5.56 Å². The monoisotopic (exact) mass is 426 g/mol. The average molecular weight is 427 g/mol. The Morgan fingerprint density at radius 3 is 2.53 bits per heavy atom. The van der Waals surface area contributed by atoms with Gasteiger partial charge >= 0.3 is 0 Å². The molecule has 3 aromatic rings. The molecule has 0 bridgehead atoms. The third kappa shape index (κ3) is 4.08. The number of thiazole rings is 1. The summed E-state index contributed by atoms with van der Waals surface area (Å²) in [5.74, 6) is -0.254. The first kappa shape index (κ1) is 20.5. The van der Waals surface area contributed by atoms with Gasteiger partial charge in [-0.25, -0.2) is 4.98 Å². The topological polar surface area (TPSA) is 83.4 Å². The van der Waals surface area contributed by atoms with E-state index < -0.39 is 0 Å². The van der Waals surface area contributed by atoms with Gasteiger partial charge in [0, 0.05) is 31.9 Å². The van der Waals surface area contributed by atoms with Gasteiger partial charge in [0.15, 0.2) is 10.8 Å². The highest BCUT2D eigenvalue weighted by Crippen LogP contribution is 2.26. The van der Waals surface area contributed by atoms with Gasteiger partial charge in [0.1, 0.15) is 17.6 Å². The Hall–Kier alpha value is -2.78. The van der Waals surface area contributed by atoms with Gasteiger partial charge in [0.2, 0.25) is 5.91 Å². The number of likely N-dealkylation sites (N-methyl/N-ethyl adjacent to an activating group) is 1. The van der Waals surface area contributed by atoms with Gasteiger partial charge in [-0.2, -0.15) is 4.98 Å². The van der Waals surface area contributed by atoms with Gasteiger partial charge in [-0.1, -0.05) is 36.5 Å². The fraction of sp³-hybridized carbons (Fsp3) is 0.429. The summed E-state index contributed by atoms with van der Waals surface area (Å²) in [7, 11) is 0. The van der Waals surface area contributed by atoms with E-state index in [1.165, 1.54) is 22.2 Å². The Balaban J connectivity index is 1.52. The van der Waals surface area contributed by atoms with E-state index in [2.05, 4.69) is 32.0 Å². The number of para-hydroxylation sites is 1. The number of carbonyl (C=O) groups excluding carboxylic acids is 1. The fourth-order valence-corrected chi connectivity index (χ4v) is 4.70. The van der Waals surface area contributed by atoms with Crippen molar-refractivity contribution in [2.75, 3.05) is 42.9 Å². The summed E-state index contributed by atoms with van der Waals surface area (Å²) in [5, 5.41) is 3.74. The van der Waals surface area contributed by atoms with Gasteiger partial charge in [-0.05, 0) is 31.5 Å². The van der Waals surface area contributed by atoms with Crippen molar-refractivity contribution in [3.8, 4) is 0 Å². The van der Waals surface area contributed by atoms with Gasteiger partial charge < -0.3 is 15.1 Å². The van der Waals surface area contributed by atoms with Gasteiger partial charge in [0.05, 0.1) is 0 Å². The average Bonchev–Trinajstić information content (AvgIpc) is 3.18. The highest BCUT2D eigenvalue weighted by atomic mass is 32.1. The van der Waals surface area contributed by atoms with Crippen LogP contribution < -0.4 is 15.8 Å². The molecule has 1 fully saturated rings. The second kappa shape index (κ2) is 8.53. The molecule has 0 radical (unpaired) electrons. The van der Waals surface area contributed by atoms with E-state index in [0.29, 0.717) is 10.3 Å². The molecule has 4 rings (SSSR count). The molecule has 0 atom stereocenters. The van der Waals surface area contributed by atoms with Crippen LogP contribution in [0.25, 0.3) is 10.3 Å². The number of hydrogen-bond donors (Lipinski definition) is 1. The number of nitrogens with one attached hydrogen (secondary N) is 1. The van der Waals surface area contributed by atoms with Crippen LogP contribution in [-0.2, 0) is 11.3 Å². The molecule has 1 aliphatic heterocycles. The number of carbonyl (C=O) groups is 1. The Kier molecular flexibility index (Phi) is 5.83. The second-order valence-corrected chi connectivity index (χ2v) is 8.54. The molecule has 0 spiro atoms. The van der Waals surface area contributed by atoms with E-state index >= 15 is 0 Å². The SMILES string of the molecule is CCN1CCN(c2nc3ncn(CC(=O)Nc4c(C)cccc4C)c(=O)c3s2)CC1. The minimum atomic E-state index is -0.254. The zero-order valence-electron chi connectivity index (χ0n) is 17.5. The van der Waals surface area contributed by atoms with Gasteiger partial charge in [-0.3, -0.25) is 14.2 Å². The lowest BCUT2D eigenvalue weighted by molar-refractivity contribution is -0.116. The second-order valence-electron chi connectivity index (χ2n) is 7.56. The predicted molar refractivity (Wildman–Crippen MR) is 121 cm³/mol. The lowest BCUT2D eigenvalue weighted by Crippen LogP contribution is -2.46. The molecule has 8 nitrogen and oxygen atoms in total. The Morgan fingerprint density at radius 2 is 1.87 bits per heavy atom. The Bertz CT molecular complexity index is 1110. The first-order valence-electron chi connectivity index (χ1n) is 10.2. The van der Waals surface area contributed by atoms with Crippen molar-refractivity contribution < 1.29 is 4.79 Å². The van der Waals surface area contributed by atoms with Crippen molar-refractivity contribution >= 4 is 38.4 Å². The third-order valence-corrected chi connectivity index (χ3v) is 6.62. The molecule has 30 heavy (non-hydrogen) atoms. The molecule has 2 aromatic heterocycles. The van der Waals surface area contributed by atoms with Crippen LogP contribution in [0, 0.1) is 13.8 Å². The summed E-state index contributed by atoms with van der Waals surface area (Å²) < 4.78 is 1.84. The van der Waals surface area contributed by atoms with Crippen molar-refractivity contribution in [2.24, 2.45) is 0 Å². The van der Waals surface area contributed by atoms with Crippen LogP contribution in [0.4, 0.5) is 10.8 Å². The molecule has 1 N–H and O–H groups in total. The standard InChI is InChI=1S/C21H26N6O2S/c1-4-25-8-10-26(11-9-25)21-24-19-18(30-21)20(29)27(13-22-19)12-16(28)23-17-14(2)6-5-7-15(17)3/h5-7,13H,4,8-12H2,1-3H3,(H,23,28). The van der Waals surface area contributed by atoms with Crippen molar-refractivity contribution in [3.63, 3.8) is 0 Å². The Labute approximate surface area is 179 Å². The predicted octanol–water partition coefficient (Wildman–Crippen LogP) is 2.25. The summed E-state index contributed by atoms with van der Waals surface area (Å²) in [6.07, 6.45) is 1.41. The minimum absolute atomic E-state index is 0.0854. The summed E-state index contributed by atoms with van der Waals surface area (Å²) in [4.78, 5) is 39.0. The maximum Gasteiger partial charge on any atom is 0.273 e. The molecule has 1 amide bonds. The molecule has 1 aliphatic rings. The number of hydrogen-bond acceptors (Lipinski definition) is 7. The largest absolute Gasteiger partial charge is 0.345 e.